The van der Waals surface area contributed by atoms with Gasteiger partial charge in [-0.15, -0.1) is 0 Å². The molecule has 3 nitrogen and oxygen atoms in total. The molecule has 4 heteroatoms. The van der Waals surface area contributed by atoms with Gasteiger partial charge in [-0.2, -0.15) is 5.26 Å². The molecule has 0 bridgehead atoms. The second-order valence-corrected chi connectivity index (χ2v) is 3.03. The van der Waals surface area contributed by atoms with Gasteiger partial charge in [0.15, 0.2) is 11.5 Å². The maximum Gasteiger partial charge on any atom is 0.179 e. The van der Waals surface area contributed by atoms with Crippen LogP contribution in [0.15, 0.2) is 12.1 Å². The van der Waals surface area contributed by atoms with Crippen molar-refractivity contribution in [3.63, 3.8) is 0 Å². The molecular weight excluding hydrogens is 190 g/mol. The maximum atomic E-state index is 8.77. The monoisotopic (exact) mass is 195 g/mol. The molecule has 0 unspecified atom stereocenters. The first-order valence-electron chi connectivity index (χ1n) is 3.80. The summed E-state index contributed by atoms with van der Waals surface area (Å²) < 4.78 is 10.6. The minimum absolute atomic E-state index is 0.419. The number of ether oxygens (including phenoxy) is 2. The van der Waals surface area contributed by atoms with Gasteiger partial charge in [0.2, 0.25) is 0 Å². The summed E-state index contributed by atoms with van der Waals surface area (Å²) in [7, 11) is 0. The van der Waals surface area contributed by atoms with Crippen LogP contribution in [0.4, 0.5) is 0 Å². The molecule has 0 radical (unpaired) electrons. The summed E-state index contributed by atoms with van der Waals surface area (Å²) >= 11 is 5.77. The molecule has 1 aromatic carbocycles. The molecular formula is C9H6ClNO2. The van der Waals surface area contributed by atoms with Crippen LogP contribution in [0.2, 0.25) is 5.02 Å². The fourth-order valence-electron chi connectivity index (χ4n) is 1.20. The van der Waals surface area contributed by atoms with E-state index < -0.39 is 0 Å². The van der Waals surface area contributed by atoms with Crippen LogP contribution in [0, 0.1) is 11.3 Å². The number of halogens is 1. The molecule has 1 aliphatic heterocycles. The first-order valence-corrected chi connectivity index (χ1v) is 4.18. The van der Waals surface area contributed by atoms with Crippen molar-refractivity contribution >= 4 is 11.6 Å². The molecule has 66 valence electrons. The third kappa shape index (κ3) is 1.41. The molecule has 0 aliphatic carbocycles. The van der Waals surface area contributed by atoms with Crippen LogP contribution >= 0.6 is 11.6 Å². The number of nitriles is 1. The summed E-state index contributed by atoms with van der Waals surface area (Å²) in [6.07, 6.45) is 0. The van der Waals surface area contributed by atoms with E-state index in [-0.39, 0.29) is 0 Å². The molecule has 0 aromatic heterocycles. The standard InChI is InChI=1S/C9H6ClNO2/c10-7-3-6(5-11)9-8(4-7)12-1-2-13-9/h3-4H,1-2H2. The van der Waals surface area contributed by atoms with Gasteiger partial charge in [0, 0.05) is 11.1 Å². The van der Waals surface area contributed by atoms with Crippen molar-refractivity contribution in [2.45, 2.75) is 0 Å². The number of hydrogen-bond donors (Lipinski definition) is 0. The van der Waals surface area contributed by atoms with Gasteiger partial charge in [0.1, 0.15) is 19.3 Å². The summed E-state index contributed by atoms with van der Waals surface area (Å²) in [5, 5.41) is 9.26. The van der Waals surface area contributed by atoms with E-state index in [1.165, 1.54) is 0 Å². The SMILES string of the molecule is N#Cc1cc(Cl)cc2c1OCCO2. The van der Waals surface area contributed by atoms with Crippen molar-refractivity contribution in [2.75, 3.05) is 13.2 Å². The zero-order valence-electron chi connectivity index (χ0n) is 6.71. The summed E-state index contributed by atoms with van der Waals surface area (Å²) in [6.45, 7) is 0.974. The van der Waals surface area contributed by atoms with Crippen molar-refractivity contribution < 1.29 is 9.47 Å². The summed E-state index contributed by atoms with van der Waals surface area (Å²) in [6, 6.07) is 5.22. The van der Waals surface area contributed by atoms with E-state index >= 15 is 0 Å². The van der Waals surface area contributed by atoms with Gasteiger partial charge in [-0.25, -0.2) is 0 Å². The molecule has 0 spiro atoms. The van der Waals surface area contributed by atoms with Crippen LogP contribution in [-0.2, 0) is 0 Å². The van der Waals surface area contributed by atoms with E-state index in [0.717, 1.165) is 0 Å². The normalized spacial score (nSPS) is 13.5. The minimum atomic E-state index is 0.419. The fraction of sp³-hybridized carbons (Fsp3) is 0.222. The van der Waals surface area contributed by atoms with Gasteiger partial charge in [0.05, 0.1) is 5.56 Å². The third-order valence-electron chi connectivity index (χ3n) is 1.73. The van der Waals surface area contributed by atoms with E-state index in [4.69, 9.17) is 26.3 Å². The molecule has 1 aromatic rings. The van der Waals surface area contributed by atoms with Gasteiger partial charge in [0.25, 0.3) is 0 Å². The second kappa shape index (κ2) is 3.15. The third-order valence-corrected chi connectivity index (χ3v) is 1.95. The van der Waals surface area contributed by atoms with Crippen molar-refractivity contribution in [3.05, 3.63) is 22.7 Å². The number of fused-ring (bicyclic) bond motifs is 1. The van der Waals surface area contributed by atoms with Crippen LogP contribution in [-0.4, -0.2) is 13.2 Å². The van der Waals surface area contributed by atoms with Crippen molar-refractivity contribution in [3.8, 4) is 17.6 Å². The highest BCUT2D eigenvalue weighted by molar-refractivity contribution is 6.30. The summed E-state index contributed by atoms with van der Waals surface area (Å²) in [4.78, 5) is 0. The van der Waals surface area contributed by atoms with Gasteiger partial charge in [-0.05, 0) is 6.07 Å². The first kappa shape index (κ1) is 8.21. The smallest absolute Gasteiger partial charge is 0.179 e. The molecule has 0 saturated heterocycles. The van der Waals surface area contributed by atoms with Crippen LogP contribution in [0.25, 0.3) is 0 Å². The Morgan fingerprint density at radius 1 is 1.31 bits per heavy atom. The quantitative estimate of drug-likeness (QED) is 0.636. The average Bonchev–Trinajstić information content (AvgIpc) is 2.16. The lowest BCUT2D eigenvalue weighted by Crippen LogP contribution is -2.16. The Morgan fingerprint density at radius 2 is 2.08 bits per heavy atom. The van der Waals surface area contributed by atoms with Crippen LogP contribution < -0.4 is 9.47 Å². The predicted octanol–water partition coefficient (Wildman–Crippen LogP) is 1.98. The Kier molecular flexibility index (Phi) is 1.99. The first-order chi connectivity index (χ1) is 6.31. The summed E-state index contributed by atoms with van der Waals surface area (Å²) in [5.41, 5.74) is 0.419. The summed E-state index contributed by atoms with van der Waals surface area (Å²) in [5.74, 6) is 1.05. The van der Waals surface area contributed by atoms with Gasteiger partial charge in [-0.3, -0.25) is 0 Å². The van der Waals surface area contributed by atoms with Crippen LogP contribution in [0.5, 0.6) is 11.5 Å². The highest BCUT2D eigenvalue weighted by Gasteiger charge is 2.16. The molecule has 0 atom stereocenters. The minimum Gasteiger partial charge on any atom is -0.486 e. The zero-order chi connectivity index (χ0) is 9.26. The lowest BCUT2D eigenvalue weighted by Gasteiger charge is -2.19. The van der Waals surface area contributed by atoms with Crippen molar-refractivity contribution in [1.29, 1.82) is 5.26 Å². The Balaban J connectivity index is 2.58. The lowest BCUT2D eigenvalue weighted by atomic mass is 10.2. The molecule has 2 rings (SSSR count). The van der Waals surface area contributed by atoms with Crippen molar-refractivity contribution in [1.82, 2.24) is 0 Å². The molecule has 0 fully saturated rings. The Bertz CT molecular complexity index is 384. The second-order valence-electron chi connectivity index (χ2n) is 2.59. The Morgan fingerprint density at radius 3 is 2.85 bits per heavy atom. The number of benzene rings is 1. The molecule has 0 amide bonds. The molecule has 0 saturated carbocycles. The zero-order valence-corrected chi connectivity index (χ0v) is 7.47. The highest BCUT2D eigenvalue weighted by atomic mass is 35.5. The van der Waals surface area contributed by atoms with Gasteiger partial charge >= 0.3 is 0 Å². The molecule has 0 N–H and O–H groups in total. The number of nitrogens with zero attached hydrogens (tertiary/aromatic N) is 1. The Hall–Kier alpha value is -1.40. The van der Waals surface area contributed by atoms with E-state index in [1.54, 1.807) is 12.1 Å². The predicted molar refractivity (Wildman–Crippen MR) is 47.2 cm³/mol. The lowest BCUT2D eigenvalue weighted by molar-refractivity contribution is 0.171. The van der Waals surface area contributed by atoms with E-state index in [2.05, 4.69) is 0 Å². The van der Waals surface area contributed by atoms with E-state index in [9.17, 15) is 0 Å². The van der Waals surface area contributed by atoms with Gasteiger partial charge in [-0.1, -0.05) is 11.6 Å². The van der Waals surface area contributed by atoms with E-state index in [0.29, 0.717) is 35.3 Å². The van der Waals surface area contributed by atoms with Crippen LogP contribution in [0.3, 0.4) is 0 Å². The molecule has 1 heterocycles. The largest absolute Gasteiger partial charge is 0.486 e. The van der Waals surface area contributed by atoms with Gasteiger partial charge < -0.3 is 9.47 Å². The fourth-order valence-corrected chi connectivity index (χ4v) is 1.41. The molecule has 1 aliphatic rings. The topological polar surface area (TPSA) is 42.2 Å². The number of rotatable bonds is 0. The average molecular weight is 196 g/mol. The van der Waals surface area contributed by atoms with Crippen LogP contribution in [0.1, 0.15) is 5.56 Å². The maximum absolute atomic E-state index is 8.77. The van der Waals surface area contributed by atoms with Crippen molar-refractivity contribution in [2.24, 2.45) is 0 Å². The Labute approximate surface area is 80.4 Å². The highest BCUT2D eigenvalue weighted by Crippen LogP contribution is 2.36. The molecule has 13 heavy (non-hydrogen) atoms. The number of hydrogen-bond acceptors (Lipinski definition) is 3. The van der Waals surface area contributed by atoms with E-state index in [1.807, 2.05) is 6.07 Å².